The van der Waals surface area contributed by atoms with Gasteiger partial charge >= 0.3 is 0 Å². The summed E-state index contributed by atoms with van der Waals surface area (Å²) >= 11 is 0. The number of aromatic nitrogens is 2. The summed E-state index contributed by atoms with van der Waals surface area (Å²) in [6.07, 6.45) is 2.08. The molecule has 0 bridgehead atoms. The largest absolute Gasteiger partial charge is 0.493 e. The Morgan fingerprint density at radius 2 is 1.93 bits per heavy atom. The Bertz CT molecular complexity index is 1090. The number of methoxy groups -OCH3 is 2. The van der Waals surface area contributed by atoms with Gasteiger partial charge in [0.15, 0.2) is 17.1 Å². The molecule has 0 radical (unpaired) electrons. The fourth-order valence-corrected chi connectivity index (χ4v) is 2.88. The number of carbonyl (C=O) groups excluding carboxylic acids is 1. The van der Waals surface area contributed by atoms with Crippen LogP contribution in [-0.4, -0.2) is 41.2 Å². The zero-order chi connectivity index (χ0) is 20.3. The monoisotopic (exact) mass is 383 g/mol. The second kappa shape index (κ2) is 7.99. The minimum absolute atomic E-state index is 0.268. The Morgan fingerprint density at radius 3 is 2.64 bits per heavy atom. The highest BCUT2D eigenvalue weighted by Gasteiger charge is 2.19. The molecular weight excluding hydrogens is 362 g/mol. The fourth-order valence-electron chi connectivity index (χ4n) is 2.88. The van der Waals surface area contributed by atoms with Crippen molar-refractivity contribution in [2.24, 2.45) is 0 Å². The maximum absolute atomic E-state index is 12.6. The number of carbonyl (C=O) groups is 1. The van der Waals surface area contributed by atoms with E-state index in [0.717, 1.165) is 11.1 Å². The number of benzene rings is 1. The van der Waals surface area contributed by atoms with Crippen LogP contribution in [0.4, 0.5) is 0 Å². The molecule has 8 heteroatoms. The number of ether oxygens (including phenoxy) is 2. The quantitative estimate of drug-likeness (QED) is 0.672. The number of fused-ring (bicyclic) bond motifs is 1. The van der Waals surface area contributed by atoms with Gasteiger partial charge in [-0.25, -0.2) is 0 Å². The molecule has 2 heterocycles. The number of aromatic hydroxyl groups is 1. The second-order valence-electron chi connectivity index (χ2n) is 6.25. The molecule has 0 fully saturated rings. The lowest BCUT2D eigenvalue weighted by Gasteiger charge is -2.10. The van der Waals surface area contributed by atoms with E-state index in [4.69, 9.17) is 9.47 Å². The lowest BCUT2D eigenvalue weighted by atomic mass is 10.1. The molecular formula is C20H21N3O5. The molecule has 0 saturated carbocycles. The predicted octanol–water partition coefficient (Wildman–Crippen LogP) is 1.70. The zero-order valence-electron chi connectivity index (χ0n) is 15.9. The molecule has 1 amide bonds. The number of nitrogens with zero attached hydrogens (tertiary/aromatic N) is 2. The predicted molar refractivity (Wildman–Crippen MR) is 103 cm³/mol. The van der Waals surface area contributed by atoms with E-state index in [0.29, 0.717) is 17.9 Å². The fraction of sp³-hybridized carbons (Fsp3) is 0.250. The van der Waals surface area contributed by atoms with Gasteiger partial charge in [-0.2, -0.15) is 4.98 Å². The van der Waals surface area contributed by atoms with Gasteiger partial charge in [-0.1, -0.05) is 12.1 Å². The maximum atomic E-state index is 12.6. The lowest BCUT2D eigenvalue weighted by Crippen LogP contribution is -2.33. The van der Waals surface area contributed by atoms with Crippen molar-refractivity contribution in [3.05, 3.63) is 63.6 Å². The Kier molecular flexibility index (Phi) is 5.49. The summed E-state index contributed by atoms with van der Waals surface area (Å²) in [6, 6.07) is 8.83. The van der Waals surface area contributed by atoms with E-state index in [1.807, 2.05) is 19.1 Å². The third kappa shape index (κ3) is 3.75. The molecule has 2 aromatic heterocycles. The van der Waals surface area contributed by atoms with Crippen LogP contribution in [0.1, 0.15) is 21.5 Å². The molecule has 28 heavy (non-hydrogen) atoms. The summed E-state index contributed by atoms with van der Waals surface area (Å²) in [5.41, 5.74) is 1.04. The minimum Gasteiger partial charge on any atom is -0.493 e. The van der Waals surface area contributed by atoms with E-state index < -0.39 is 17.3 Å². The van der Waals surface area contributed by atoms with Crippen LogP contribution in [0.5, 0.6) is 17.4 Å². The molecule has 0 atom stereocenters. The zero-order valence-corrected chi connectivity index (χ0v) is 15.9. The molecule has 3 aromatic rings. The topological polar surface area (TPSA) is 102 Å². The summed E-state index contributed by atoms with van der Waals surface area (Å²) in [5, 5.41) is 12.7. The van der Waals surface area contributed by atoms with Gasteiger partial charge in [-0.15, -0.1) is 0 Å². The molecule has 2 N–H and O–H groups in total. The molecule has 0 aliphatic carbocycles. The van der Waals surface area contributed by atoms with E-state index in [1.165, 1.54) is 4.40 Å². The summed E-state index contributed by atoms with van der Waals surface area (Å²) < 4.78 is 11.7. The number of aryl methyl sites for hydroxylation is 1. The smallest absolute Gasteiger partial charge is 0.274 e. The molecule has 0 unspecified atom stereocenters. The van der Waals surface area contributed by atoms with Crippen molar-refractivity contribution in [2.75, 3.05) is 20.8 Å². The van der Waals surface area contributed by atoms with Gasteiger partial charge < -0.3 is 19.9 Å². The van der Waals surface area contributed by atoms with E-state index in [9.17, 15) is 14.7 Å². The average Bonchev–Trinajstić information content (AvgIpc) is 2.68. The Morgan fingerprint density at radius 1 is 1.18 bits per heavy atom. The Hall–Kier alpha value is -3.55. The van der Waals surface area contributed by atoms with Gasteiger partial charge in [0.25, 0.3) is 11.5 Å². The first kappa shape index (κ1) is 19.2. The number of amides is 1. The van der Waals surface area contributed by atoms with Crippen LogP contribution in [0, 0.1) is 6.92 Å². The molecule has 8 nitrogen and oxygen atoms in total. The van der Waals surface area contributed by atoms with Crippen LogP contribution < -0.4 is 20.3 Å². The number of hydrogen-bond donors (Lipinski definition) is 2. The highest BCUT2D eigenvalue weighted by atomic mass is 16.5. The third-order valence-electron chi connectivity index (χ3n) is 4.33. The Labute approximate surface area is 161 Å². The average molecular weight is 383 g/mol. The first-order valence-electron chi connectivity index (χ1n) is 8.65. The van der Waals surface area contributed by atoms with Gasteiger partial charge in [-0.3, -0.25) is 14.0 Å². The highest BCUT2D eigenvalue weighted by molar-refractivity contribution is 5.96. The van der Waals surface area contributed by atoms with Crippen LogP contribution in [0.2, 0.25) is 0 Å². The Balaban J connectivity index is 1.76. The number of nitrogens with one attached hydrogen (secondary N) is 1. The second-order valence-corrected chi connectivity index (χ2v) is 6.25. The number of rotatable bonds is 6. The molecule has 0 saturated heterocycles. The number of hydrogen-bond acceptors (Lipinski definition) is 6. The third-order valence-corrected chi connectivity index (χ3v) is 4.33. The van der Waals surface area contributed by atoms with Crippen LogP contribution in [0.3, 0.4) is 0 Å². The lowest BCUT2D eigenvalue weighted by molar-refractivity contribution is 0.0949. The molecule has 3 rings (SSSR count). The van der Waals surface area contributed by atoms with E-state index in [-0.39, 0.29) is 17.8 Å². The van der Waals surface area contributed by atoms with Crippen molar-refractivity contribution in [1.82, 2.24) is 14.7 Å². The first-order chi connectivity index (χ1) is 13.4. The summed E-state index contributed by atoms with van der Waals surface area (Å²) in [6.45, 7) is 2.09. The van der Waals surface area contributed by atoms with Crippen LogP contribution in [0.15, 0.2) is 41.3 Å². The summed E-state index contributed by atoms with van der Waals surface area (Å²) in [4.78, 5) is 29.0. The van der Waals surface area contributed by atoms with E-state index in [1.54, 1.807) is 38.6 Å². The van der Waals surface area contributed by atoms with E-state index in [2.05, 4.69) is 10.3 Å². The summed E-state index contributed by atoms with van der Waals surface area (Å²) in [5.74, 6) is -0.0501. The standard InChI is InChI=1S/C20H21N3O5/c1-12-4-7-16-22-19(25)17(20(26)23(16)11-12)18(24)21-9-8-13-5-6-14(27-2)15(10-13)28-3/h4-7,10-11,25H,8-9H2,1-3H3,(H,21,24). The molecule has 0 aliphatic heterocycles. The van der Waals surface area contributed by atoms with Gasteiger partial charge in [-0.05, 0) is 42.7 Å². The first-order valence-corrected chi connectivity index (χ1v) is 8.65. The summed E-state index contributed by atoms with van der Waals surface area (Å²) in [7, 11) is 3.11. The van der Waals surface area contributed by atoms with Crippen molar-refractivity contribution in [3.63, 3.8) is 0 Å². The van der Waals surface area contributed by atoms with Crippen LogP contribution in [-0.2, 0) is 6.42 Å². The molecule has 0 spiro atoms. The minimum atomic E-state index is -0.675. The van der Waals surface area contributed by atoms with Crippen LogP contribution in [0.25, 0.3) is 5.65 Å². The SMILES string of the molecule is COc1ccc(CCNC(=O)c2c(O)nc3ccc(C)cn3c2=O)cc1OC. The van der Waals surface area contributed by atoms with Gasteiger partial charge in [0.1, 0.15) is 5.65 Å². The van der Waals surface area contributed by atoms with Gasteiger partial charge in [0, 0.05) is 12.7 Å². The molecule has 1 aromatic carbocycles. The van der Waals surface area contributed by atoms with Crippen molar-refractivity contribution in [2.45, 2.75) is 13.3 Å². The van der Waals surface area contributed by atoms with Crippen molar-refractivity contribution >= 4 is 11.6 Å². The van der Waals surface area contributed by atoms with Crippen molar-refractivity contribution in [3.8, 4) is 17.4 Å². The van der Waals surface area contributed by atoms with Gasteiger partial charge in [0.05, 0.1) is 14.2 Å². The van der Waals surface area contributed by atoms with Crippen molar-refractivity contribution < 1.29 is 19.4 Å². The van der Waals surface area contributed by atoms with Crippen molar-refractivity contribution in [1.29, 1.82) is 0 Å². The number of pyridine rings is 1. The highest BCUT2D eigenvalue weighted by Crippen LogP contribution is 2.27. The molecule has 146 valence electrons. The molecule has 0 aliphatic rings. The normalized spacial score (nSPS) is 10.7. The van der Waals surface area contributed by atoms with Crippen LogP contribution >= 0.6 is 0 Å². The van der Waals surface area contributed by atoms with Gasteiger partial charge in [0.2, 0.25) is 5.88 Å². The van der Waals surface area contributed by atoms with E-state index >= 15 is 0 Å². The maximum Gasteiger partial charge on any atom is 0.274 e.